The second kappa shape index (κ2) is 3.67. The molecule has 3 heteroatoms. The molecule has 1 aromatic heterocycles. The van der Waals surface area contributed by atoms with Crippen molar-refractivity contribution in [2.45, 2.75) is 25.2 Å². The average molecular weight is 213 g/mol. The Bertz CT molecular complexity index is 497. The van der Waals surface area contributed by atoms with Crippen molar-refractivity contribution in [2.75, 3.05) is 5.73 Å². The van der Waals surface area contributed by atoms with Gasteiger partial charge in [-0.3, -0.25) is 0 Å². The maximum atomic E-state index is 5.80. The molecule has 82 valence electrons. The van der Waals surface area contributed by atoms with Crippen LogP contribution in [-0.4, -0.2) is 9.55 Å². The van der Waals surface area contributed by atoms with Crippen molar-refractivity contribution in [1.82, 2.24) is 9.55 Å². The van der Waals surface area contributed by atoms with Gasteiger partial charge in [0, 0.05) is 29.2 Å². The molecule has 0 aliphatic heterocycles. The fourth-order valence-corrected chi connectivity index (χ4v) is 2.20. The fourth-order valence-electron chi connectivity index (χ4n) is 2.20. The van der Waals surface area contributed by atoms with Crippen molar-refractivity contribution in [1.29, 1.82) is 0 Å². The minimum atomic E-state index is 0.684. The van der Waals surface area contributed by atoms with E-state index in [2.05, 4.69) is 15.6 Å². The van der Waals surface area contributed by atoms with Crippen molar-refractivity contribution in [3.05, 3.63) is 42.5 Å². The van der Waals surface area contributed by atoms with E-state index in [1.165, 1.54) is 25.0 Å². The Kier molecular flexibility index (Phi) is 2.17. The molecule has 0 bridgehead atoms. The van der Waals surface area contributed by atoms with E-state index in [0.717, 1.165) is 11.4 Å². The number of anilines is 1. The molecule has 3 nitrogen and oxygen atoms in total. The van der Waals surface area contributed by atoms with Crippen LogP contribution in [0.25, 0.3) is 5.69 Å². The van der Waals surface area contributed by atoms with Gasteiger partial charge in [-0.2, -0.15) is 0 Å². The molecule has 0 atom stereocenters. The first-order valence-electron chi connectivity index (χ1n) is 5.73. The lowest BCUT2D eigenvalue weighted by Gasteiger charge is -2.26. The van der Waals surface area contributed by atoms with Gasteiger partial charge in [0.2, 0.25) is 0 Å². The first kappa shape index (κ1) is 9.46. The molecular formula is C13H15N3. The molecule has 1 heterocycles. The van der Waals surface area contributed by atoms with Crippen LogP contribution in [0.2, 0.25) is 0 Å². The zero-order valence-corrected chi connectivity index (χ0v) is 9.13. The monoisotopic (exact) mass is 213 g/mol. The van der Waals surface area contributed by atoms with Gasteiger partial charge in [0.05, 0.1) is 6.33 Å². The molecule has 2 N–H and O–H groups in total. The maximum Gasteiger partial charge on any atom is 0.0994 e. The molecule has 1 aliphatic rings. The van der Waals surface area contributed by atoms with Crippen LogP contribution in [0, 0.1) is 0 Å². The van der Waals surface area contributed by atoms with E-state index in [-0.39, 0.29) is 0 Å². The van der Waals surface area contributed by atoms with Crippen LogP contribution in [0.3, 0.4) is 0 Å². The molecule has 0 saturated heterocycles. The first-order chi connectivity index (χ1) is 7.84. The molecule has 0 amide bonds. The van der Waals surface area contributed by atoms with Gasteiger partial charge < -0.3 is 10.3 Å². The molecule has 0 radical (unpaired) electrons. The van der Waals surface area contributed by atoms with Crippen LogP contribution < -0.4 is 5.73 Å². The summed E-state index contributed by atoms with van der Waals surface area (Å²) in [5, 5.41) is 0. The molecule has 1 fully saturated rings. The molecular weight excluding hydrogens is 198 g/mol. The van der Waals surface area contributed by atoms with Gasteiger partial charge in [0.25, 0.3) is 0 Å². The number of nitrogens with zero attached hydrogens (tertiary/aromatic N) is 2. The predicted molar refractivity (Wildman–Crippen MR) is 64.6 cm³/mol. The Morgan fingerprint density at radius 1 is 1.31 bits per heavy atom. The van der Waals surface area contributed by atoms with Gasteiger partial charge in [0.15, 0.2) is 0 Å². The summed E-state index contributed by atoms with van der Waals surface area (Å²) in [4.78, 5) is 4.25. The lowest BCUT2D eigenvalue weighted by Crippen LogP contribution is -2.13. The number of hydrogen-bond donors (Lipinski definition) is 1. The molecule has 1 saturated carbocycles. The fraction of sp³-hybridized carbons (Fsp3) is 0.308. The number of rotatable bonds is 2. The zero-order valence-electron chi connectivity index (χ0n) is 9.13. The average Bonchev–Trinajstić information content (AvgIpc) is 2.64. The highest BCUT2D eigenvalue weighted by atomic mass is 15.1. The molecule has 1 aliphatic carbocycles. The topological polar surface area (TPSA) is 43.8 Å². The van der Waals surface area contributed by atoms with Crippen molar-refractivity contribution >= 4 is 5.69 Å². The van der Waals surface area contributed by atoms with E-state index in [9.17, 15) is 0 Å². The van der Waals surface area contributed by atoms with E-state index >= 15 is 0 Å². The van der Waals surface area contributed by atoms with Crippen LogP contribution in [0.4, 0.5) is 5.69 Å². The van der Waals surface area contributed by atoms with Gasteiger partial charge in [-0.05, 0) is 31.0 Å². The van der Waals surface area contributed by atoms with Crippen LogP contribution >= 0.6 is 0 Å². The highest BCUT2D eigenvalue weighted by Crippen LogP contribution is 2.37. The summed E-state index contributed by atoms with van der Waals surface area (Å²) in [5.74, 6) is 0.684. The Morgan fingerprint density at radius 3 is 2.88 bits per heavy atom. The highest BCUT2D eigenvalue weighted by molar-refractivity contribution is 5.48. The minimum absolute atomic E-state index is 0.684. The van der Waals surface area contributed by atoms with E-state index in [0.29, 0.717) is 5.92 Å². The normalized spacial score (nSPS) is 16.0. The lowest BCUT2D eigenvalue weighted by atomic mass is 9.83. The number of imidazole rings is 1. The number of hydrogen-bond acceptors (Lipinski definition) is 2. The molecule has 1 aromatic carbocycles. The minimum Gasteiger partial charge on any atom is -0.399 e. The standard InChI is InChI=1S/C13H15N3/c14-11-5-2-6-12(7-11)16-9-15-8-13(16)10-3-1-4-10/h2,5-10H,1,3-4,14H2. The summed E-state index contributed by atoms with van der Waals surface area (Å²) in [5.41, 5.74) is 9.03. The Balaban J connectivity index is 2.02. The van der Waals surface area contributed by atoms with Crippen molar-refractivity contribution in [2.24, 2.45) is 0 Å². The summed E-state index contributed by atoms with van der Waals surface area (Å²) in [6.45, 7) is 0. The maximum absolute atomic E-state index is 5.80. The summed E-state index contributed by atoms with van der Waals surface area (Å²) in [6.07, 6.45) is 7.77. The Labute approximate surface area is 94.9 Å². The number of aromatic nitrogens is 2. The highest BCUT2D eigenvalue weighted by Gasteiger charge is 2.23. The second-order valence-electron chi connectivity index (χ2n) is 4.41. The predicted octanol–water partition coefficient (Wildman–Crippen LogP) is 2.72. The summed E-state index contributed by atoms with van der Waals surface area (Å²) >= 11 is 0. The van der Waals surface area contributed by atoms with Gasteiger partial charge in [-0.25, -0.2) is 4.98 Å². The summed E-state index contributed by atoms with van der Waals surface area (Å²) in [6, 6.07) is 7.95. The van der Waals surface area contributed by atoms with E-state index in [4.69, 9.17) is 5.73 Å². The van der Waals surface area contributed by atoms with E-state index < -0.39 is 0 Å². The first-order valence-corrected chi connectivity index (χ1v) is 5.73. The zero-order chi connectivity index (χ0) is 11.0. The van der Waals surface area contributed by atoms with Gasteiger partial charge in [0.1, 0.15) is 0 Å². The third-order valence-corrected chi connectivity index (χ3v) is 3.34. The van der Waals surface area contributed by atoms with Crippen molar-refractivity contribution in [3.63, 3.8) is 0 Å². The molecule has 0 spiro atoms. The summed E-state index contributed by atoms with van der Waals surface area (Å²) in [7, 11) is 0. The van der Waals surface area contributed by atoms with E-state index in [1.54, 1.807) is 0 Å². The third-order valence-electron chi connectivity index (χ3n) is 3.34. The van der Waals surface area contributed by atoms with Crippen molar-refractivity contribution < 1.29 is 0 Å². The Hall–Kier alpha value is -1.77. The molecule has 0 unspecified atom stereocenters. The molecule has 16 heavy (non-hydrogen) atoms. The third kappa shape index (κ3) is 1.48. The largest absolute Gasteiger partial charge is 0.399 e. The SMILES string of the molecule is Nc1cccc(-n2cncc2C2CCC2)c1. The van der Waals surface area contributed by atoms with Gasteiger partial charge in [-0.1, -0.05) is 12.5 Å². The van der Waals surface area contributed by atoms with Crippen molar-refractivity contribution in [3.8, 4) is 5.69 Å². The molecule has 3 rings (SSSR count). The number of nitrogen functional groups attached to an aromatic ring is 1. The smallest absolute Gasteiger partial charge is 0.0994 e. The van der Waals surface area contributed by atoms with Crippen LogP contribution in [0.1, 0.15) is 30.9 Å². The number of nitrogens with two attached hydrogens (primary N) is 1. The summed E-state index contributed by atoms with van der Waals surface area (Å²) < 4.78 is 2.15. The van der Waals surface area contributed by atoms with E-state index in [1.807, 2.05) is 30.7 Å². The second-order valence-corrected chi connectivity index (χ2v) is 4.41. The van der Waals surface area contributed by atoms with Gasteiger partial charge >= 0.3 is 0 Å². The quantitative estimate of drug-likeness (QED) is 0.779. The number of benzene rings is 1. The van der Waals surface area contributed by atoms with Crippen LogP contribution in [0.15, 0.2) is 36.8 Å². The van der Waals surface area contributed by atoms with Crippen LogP contribution in [-0.2, 0) is 0 Å². The Morgan fingerprint density at radius 2 is 2.19 bits per heavy atom. The molecule has 2 aromatic rings. The lowest BCUT2D eigenvalue weighted by molar-refractivity contribution is 0.407. The van der Waals surface area contributed by atoms with Crippen LogP contribution in [0.5, 0.6) is 0 Å². The van der Waals surface area contributed by atoms with Gasteiger partial charge in [-0.15, -0.1) is 0 Å².